The smallest absolute Gasteiger partial charge is 0.253 e. The van der Waals surface area contributed by atoms with E-state index < -0.39 is 10.0 Å². The zero-order chi connectivity index (χ0) is 19.0. The molecule has 2 N–H and O–H groups in total. The van der Waals surface area contributed by atoms with Crippen LogP contribution in [-0.4, -0.2) is 50.4 Å². The molecule has 4 rings (SSSR count). The Morgan fingerprint density at radius 1 is 1.11 bits per heavy atom. The molecule has 7 heteroatoms. The van der Waals surface area contributed by atoms with E-state index in [1.54, 1.807) is 18.2 Å². The van der Waals surface area contributed by atoms with Crippen molar-refractivity contribution in [2.24, 2.45) is 0 Å². The van der Waals surface area contributed by atoms with E-state index in [-0.39, 0.29) is 22.9 Å². The van der Waals surface area contributed by atoms with Gasteiger partial charge in [-0.05, 0) is 56.7 Å². The largest absolute Gasteiger partial charge is 0.339 e. The van der Waals surface area contributed by atoms with Crippen LogP contribution < -0.4 is 10.0 Å². The fourth-order valence-corrected chi connectivity index (χ4v) is 6.19. The lowest BCUT2D eigenvalue weighted by Crippen LogP contribution is -2.48. The summed E-state index contributed by atoms with van der Waals surface area (Å²) >= 11 is 0. The van der Waals surface area contributed by atoms with Gasteiger partial charge in [0.25, 0.3) is 5.91 Å². The second-order valence-electron chi connectivity index (χ2n) is 8.31. The third kappa shape index (κ3) is 4.05. The molecule has 1 saturated carbocycles. The minimum atomic E-state index is -3.59. The Hall–Kier alpha value is -1.44. The number of carbonyl (C=O) groups excluding carboxylic acids is 1. The third-order valence-electron chi connectivity index (χ3n) is 6.38. The minimum Gasteiger partial charge on any atom is -0.339 e. The summed E-state index contributed by atoms with van der Waals surface area (Å²) in [7, 11) is -1.75. The summed E-state index contributed by atoms with van der Waals surface area (Å²) in [4.78, 5) is 15.0. The van der Waals surface area contributed by atoms with Gasteiger partial charge in [-0.1, -0.05) is 18.9 Å². The lowest BCUT2D eigenvalue weighted by Gasteiger charge is -2.35. The second kappa shape index (κ2) is 7.53. The quantitative estimate of drug-likeness (QED) is 0.807. The highest BCUT2D eigenvalue weighted by atomic mass is 32.2. The molecule has 2 heterocycles. The normalized spacial score (nSPS) is 28.4. The summed E-state index contributed by atoms with van der Waals surface area (Å²) < 4.78 is 28.2. The van der Waals surface area contributed by atoms with Crippen LogP contribution in [0.2, 0.25) is 0 Å². The Balaban J connectivity index is 1.48. The Bertz CT molecular complexity index is 792. The van der Waals surface area contributed by atoms with E-state index in [0.717, 1.165) is 38.5 Å². The Labute approximate surface area is 161 Å². The number of fused-ring (bicyclic) bond motifs is 2. The van der Waals surface area contributed by atoms with Crippen molar-refractivity contribution >= 4 is 15.9 Å². The molecule has 148 valence electrons. The molecule has 1 aromatic carbocycles. The van der Waals surface area contributed by atoms with Gasteiger partial charge in [0.05, 0.1) is 4.90 Å². The van der Waals surface area contributed by atoms with Gasteiger partial charge in [0.1, 0.15) is 0 Å². The second-order valence-corrected chi connectivity index (χ2v) is 10.0. The summed E-state index contributed by atoms with van der Waals surface area (Å²) in [5, 5.41) is 3.59. The molecule has 2 atom stereocenters. The fraction of sp³-hybridized carbons (Fsp3) is 0.650. The van der Waals surface area contributed by atoms with Crippen molar-refractivity contribution in [1.29, 1.82) is 0 Å². The summed E-state index contributed by atoms with van der Waals surface area (Å²) in [6.45, 7) is 0. The first-order valence-corrected chi connectivity index (χ1v) is 11.6. The van der Waals surface area contributed by atoms with Crippen LogP contribution in [0, 0.1) is 0 Å². The van der Waals surface area contributed by atoms with Crippen LogP contribution in [0.4, 0.5) is 0 Å². The van der Waals surface area contributed by atoms with Crippen LogP contribution in [0.3, 0.4) is 0 Å². The van der Waals surface area contributed by atoms with Crippen LogP contribution in [0.5, 0.6) is 0 Å². The number of nitrogens with one attached hydrogen (secondary N) is 2. The monoisotopic (exact) mass is 391 g/mol. The van der Waals surface area contributed by atoms with E-state index in [2.05, 4.69) is 10.0 Å². The molecule has 1 aromatic rings. The summed E-state index contributed by atoms with van der Waals surface area (Å²) in [6.07, 6.45) is 8.22. The van der Waals surface area contributed by atoms with E-state index >= 15 is 0 Å². The third-order valence-corrected chi connectivity index (χ3v) is 7.90. The van der Waals surface area contributed by atoms with Crippen LogP contribution in [0.15, 0.2) is 29.2 Å². The molecule has 1 amide bonds. The van der Waals surface area contributed by atoms with Crippen molar-refractivity contribution in [1.82, 2.24) is 14.9 Å². The summed E-state index contributed by atoms with van der Waals surface area (Å²) in [5.41, 5.74) is 0.442. The van der Waals surface area contributed by atoms with Gasteiger partial charge in [0.2, 0.25) is 10.0 Å². The molecule has 3 aliphatic rings. The Morgan fingerprint density at radius 3 is 2.44 bits per heavy atom. The molecular weight excluding hydrogens is 362 g/mol. The lowest BCUT2D eigenvalue weighted by molar-refractivity contribution is 0.0681. The average Bonchev–Trinajstić information content (AvgIpc) is 3.29. The number of nitrogens with zero attached hydrogens (tertiary/aromatic N) is 1. The van der Waals surface area contributed by atoms with Gasteiger partial charge in [0.15, 0.2) is 0 Å². The molecule has 0 spiro atoms. The van der Waals surface area contributed by atoms with Gasteiger partial charge in [0, 0.05) is 36.8 Å². The minimum absolute atomic E-state index is 0.0160. The number of piperidine rings is 1. The van der Waals surface area contributed by atoms with Gasteiger partial charge >= 0.3 is 0 Å². The lowest BCUT2D eigenvalue weighted by atomic mass is 9.98. The van der Waals surface area contributed by atoms with E-state index in [1.807, 2.05) is 11.9 Å². The van der Waals surface area contributed by atoms with E-state index in [1.165, 1.54) is 18.9 Å². The van der Waals surface area contributed by atoms with Crippen molar-refractivity contribution in [3.8, 4) is 0 Å². The summed E-state index contributed by atoms with van der Waals surface area (Å²) in [6, 6.07) is 7.71. The number of hydrogen-bond acceptors (Lipinski definition) is 4. The first-order chi connectivity index (χ1) is 12.9. The Morgan fingerprint density at radius 2 is 1.78 bits per heavy atom. The zero-order valence-corrected chi connectivity index (χ0v) is 16.7. The molecule has 2 saturated heterocycles. The first-order valence-electron chi connectivity index (χ1n) is 10.1. The van der Waals surface area contributed by atoms with Crippen molar-refractivity contribution in [2.45, 2.75) is 80.4 Å². The van der Waals surface area contributed by atoms with Crippen molar-refractivity contribution < 1.29 is 13.2 Å². The molecule has 2 unspecified atom stereocenters. The number of carbonyl (C=O) groups is 1. The molecule has 6 nitrogen and oxygen atoms in total. The zero-order valence-electron chi connectivity index (χ0n) is 15.9. The molecule has 2 aliphatic heterocycles. The molecule has 27 heavy (non-hydrogen) atoms. The molecule has 1 aliphatic carbocycles. The highest BCUT2D eigenvalue weighted by Gasteiger charge is 2.36. The van der Waals surface area contributed by atoms with Gasteiger partial charge in [-0.15, -0.1) is 0 Å². The molecule has 0 aromatic heterocycles. The van der Waals surface area contributed by atoms with E-state index in [0.29, 0.717) is 17.6 Å². The molecule has 0 radical (unpaired) electrons. The highest BCUT2D eigenvalue weighted by Crippen LogP contribution is 2.30. The number of benzene rings is 1. The molecule has 2 bridgehead atoms. The predicted octanol–water partition coefficient (Wildman–Crippen LogP) is 2.26. The van der Waals surface area contributed by atoms with Crippen molar-refractivity contribution in [3.05, 3.63) is 29.8 Å². The SMILES string of the molecule is CN(C(=O)c1cccc(S(=O)(=O)NC2CCCC2)c1)C1CC2CCC(C1)N2. The average molecular weight is 392 g/mol. The predicted molar refractivity (Wildman–Crippen MR) is 104 cm³/mol. The first kappa shape index (κ1) is 18.9. The van der Waals surface area contributed by atoms with Crippen LogP contribution in [0.25, 0.3) is 0 Å². The van der Waals surface area contributed by atoms with Gasteiger partial charge in [-0.25, -0.2) is 13.1 Å². The van der Waals surface area contributed by atoms with Crippen molar-refractivity contribution in [2.75, 3.05) is 7.05 Å². The van der Waals surface area contributed by atoms with Gasteiger partial charge in [-0.3, -0.25) is 4.79 Å². The number of amides is 1. The highest BCUT2D eigenvalue weighted by molar-refractivity contribution is 7.89. The van der Waals surface area contributed by atoms with E-state index in [9.17, 15) is 13.2 Å². The Kier molecular flexibility index (Phi) is 5.27. The maximum atomic E-state index is 13.0. The molecule has 3 fully saturated rings. The maximum Gasteiger partial charge on any atom is 0.253 e. The topological polar surface area (TPSA) is 78.5 Å². The fourth-order valence-electron chi connectivity index (χ4n) is 4.84. The number of hydrogen-bond donors (Lipinski definition) is 2. The van der Waals surface area contributed by atoms with Gasteiger partial charge < -0.3 is 10.2 Å². The number of sulfonamides is 1. The number of rotatable bonds is 5. The van der Waals surface area contributed by atoms with Crippen LogP contribution in [-0.2, 0) is 10.0 Å². The van der Waals surface area contributed by atoms with Crippen LogP contribution >= 0.6 is 0 Å². The summed E-state index contributed by atoms with van der Waals surface area (Å²) in [5.74, 6) is -0.0979. The molecular formula is C20H29N3O3S. The standard InChI is InChI=1S/C20H29N3O3S/c1-23(18-12-16-9-10-17(13-18)21-16)20(24)14-5-4-8-19(11-14)27(25,26)22-15-6-2-3-7-15/h4-5,8,11,15-18,21-22H,2-3,6-7,9-10,12-13H2,1H3. The van der Waals surface area contributed by atoms with Gasteiger partial charge in [-0.2, -0.15) is 0 Å². The maximum absolute atomic E-state index is 13.0. The van der Waals surface area contributed by atoms with E-state index in [4.69, 9.17) is 0 Å². The van der Waals surface area contributed by atoms with Crippen LogP contribution in [0.1, 0.15) is 61.7 Å². The van der Waals surface area contributed by atoms with Crippen molar-refractivity contribution in [3.63, 3.8) is 0 Å².